The Hall–Kier alpha value is -2.63. The van der Waals surface area contributed by atoms with E-state index in [1.165, 1.54) is 18.3 Å². The molecule has 0 saturated heterocycles. The quantitative estimate of drug-likeness (QED) is 0.510. The van der Waals surface area contributed by atoms with Crippen LogP contribution in [-0.2, 0) is 0 Å². The topological polar surface area (TPSA) is 91.3 Å². The molecule has 0 aliphatic heterocycles. The first-order valence-corrected chi connectivity index (χ1v) is 5.21. The highest BCUT2D eigenvalue weighted by Crippen LogP contribution is 2.30. The van der Waals surface area contributed by atoms with Crippen LogP contribution in [0.5, 0.6) is 11.6 Å². The van der Waals surface area contributed by atoms with Crippen molar-refractivity contribution in [3.63, 3.8) is 0 Å². The first kappa shape index (κ1) is 11.8. The Bertz CT molecular complexity index is 599. The lowest BCUT2D eigenvalue weighted by Gasteiger charge is -2.08. The molecule has 92 valence electrons. The second-order valence-electron chi connectivity index (χ2n) is 3.71. The van der Waals surface area contributed by atoms with Gasteiger partial charge in [-0.15, -0.1) is 0 Å². The second-order valence-corrected chi connectivity index (χ2v) is 3.71. The number of ether oxygens (including phenoxy) is 1. The number of hydrogen-bond acceptors (Lipinski definition) is 5. The number of hydrogen-bond donors (Lipinski definition) is 1. The van der Waals surface area contributed by atoms with Gasteiger partial charge in [-0.05, 0) is 36.8 Å². The van der Waals surface area contributed by atoms with Crippen LogP contribution < -0.4 is 10.5 Å². The van der Waals surface area contributed by atoms with Crippen molar-refractivity contribution in [1.29, 1.82) is 0 Å². The molecular weight excluding hydrogens is 234 g/mol. The first-order valence-electron chi connectivity index (χ1n) is 5.21. The molecule has 0 radical (unpaired) electrons. The fourth-order valence-corrected chi connectivity index (χ4v) is 1.49. The predicted octanol–water partition coefficient (Wildman–Crippen LogP) is 2.67. The second kappa shape index (κ2) is 4.70. The molecule has 6 nitrogen and oxygen atoms in total. The molecule has 0 fully saturated rings. The monoisotopic (exact) mass is 245 g/mol. The number of aryl methyl sites for hydroxylation is 1. The molecule has 2 N–H and O–H groups in total. The SMILES string of the molecule is Cc1cc(N)ccc1Oc1ncccc1[N+](=O)[O-]. The van der Waals surface area contributed by atoms with Crippen LogP contribution >= 0.6 is 0 Å². The molecule has 18 heavy (non-hydrogen) atoms. The summed E-state index contributed by atoms with van der Waals surface area (Å²) in [5, 5.41) is 10.8. The van der Waals surface area contributed by atoms with Crippen molar-refractivity contribution in [2.75, 3.05) is 5.73 Å². The molecule has 2 aromatic rings. The van der Waals surface area contributed by atoms with Crippen LogP contribution in [0, 0.1) is 17.0 Å². The zero-order chi connectivity index (χ0) is 13.1. The molecule has 0 spiro atoms. The summed E-state index contributed by atoms with van der Waals surface area (Å²) < 4.78 is 5.45. The third kappa shape index (κ3) is 2.37. The van der Waals surface area contributed by atoms with Gasteiger partial charge in [-0.2, -0.15) is 0 Å². The van der Waals surface area contributed by atoms with Crippen LogP contribution in [0.4, 0.5) is 11.4 Å². The lowest BCUT2D eigenvalue weighted by molar-refractivity contribution is -0.386. The zero-order valence-electron chi connectivity index (χ0n) is 9.66. The number of aromatic nitrogens is 1. The molecule has 1 aromatic carbocycles. The van der Waals surface area contributed by atoms with Crippen molar-refractivity contribution in [3.8, 4) is 11.6 Å². The van der Waals surface area contributed by atoms with Crippen LogP contribution in [0.15, 0.2) is 36.5 Å². The summed E-state index contributed by atoms with van der Waals surface area (Å²) in [6.07, 6.45) is 1.44. The van der Waals surface area contributed by atoms with Crippen LogP contribution in [0.2, 0.25) is 0 Å². The van der Waals surface area contributed by atoms with E-state index in [0.717, 1.165) is 5.56 Å². The van der Waals surface area contributed by atoms with Crippen molar-refractivity contribution in [3.05, 3.63) is 52.2 Å². The molecule has 0 aliphatic carbocycles. The van der Waals surface area contributed by atoms with Gasteiger partial charge in [-0.1, -0.05) is 0 Å². The number of nitrogens with two attached hydrogens (primary N) is 1. The van der Waals surface area contributed by atoms with Gasteiger partial charge in [0.05, 0.1) is 4.92 Å². The summed E-state index contributed by atoms with van der Waals surface area (Å²) in [5.74, 6) is 0.460. The first-order chi connectivity index (χ1) is 8.58. The summed E-state index contributed by atoms with van der Waals surface area (Å²) in [5.41, 5.74) is 6.84. The molecule has 0 atom stereocenters. The van der Waals surface area contributed by atoms with Crippen molar-refractivity contribution in [2.45, 2.75) is 6.92 Å². The Labute approximate surface area is 103 Å². The Morgan fingerprint density at radius 1 is 1.39 bits per heavy atom. The lowest BCUT2D eigenvalue weighted by Crippen LogP contribution is -1.97. The Morgan fingerprint density at radius 2 is 2.17 bits per heavy atom. The van der Waals surface area contributed by atoms with Gasteiger partial charge >= 0.3 is 5.69 Å². The van der Waals surface area contributed by atoms with Crippen molar-refractivity contribution < 1.29 is 9.66 Å². The minimum atomic E-state index is -0.533. The van der Waals surface area contributed by atoms with E-state index in [1.54, 1.807) is 25.1 Å². The van der Waals surface area contributed by atoms with E-state index in [4.69, 9.17) is 10.5 Å². The van der Waals surface area contributed by atoms with Gasteiger partial charge in [0.25, 0.3) is 5.88 Å². The highest BCUT2D eigenvalue weighted by Gasteiger charge is 2.16. The average Bonchev–Trinajstić information content (AvgIpc) is 2.33. The Kier molecular flexibility index (Phi) is 3.09. The van der Waals surface area contributed by atoms with Gasteiger partial charge in [0.1, 0.15) is 5.75 Å². The van der Waals surface area contributed by atoms with E-state index in [-0.39, 0.29) is 11.6 Å². The van der Waals surface area contributed by atoms with Gasteiger partial charge in [-0.3, -0.25) is 10.1 Å². The number of anilines is 1. The molecule has 0 bridgehead atoms. The maximum absolute atomic E-state index is 10.8. The minimum absolute atomic E-state index is 0.0321. The number of benzene rings is 1. The van der Waals surface area contributed by atoms with Crippen molar-refractivity contribution >= 4 is 11.4 Å². The summed E-state index contributed by atoms with van der Waals surface area (Å²) in [4.78, 5) is 14.1. The van der Waals surface area contributed by atoms with E-state index in [9.17, 15) is 10.1 Å². The van der Waals surface area contributed by atoms with Gasteiger partial charge in [0.15, 0.2) is 0 Å². The van der Waals surface area contributed by atoms with Crippen LogP contribution in [0.25, 0.3) is 0 Å². The Balaban J connectivity index is 2.37. The highest BCUT2D eigenvalue weighted by molar-refractivity contribution is 5.50. The van der Waals surface area contributed by atoms with E-state index in [2.05, 4.69) is 4.98 Å². The van der Waals surface area contributed by atoms with Crippen molar-refractivity contribution in [1.82, 2.24) is 4.98 Å². The predicted molar refractivity (Wildman–Crippen MR) is 66.6 cm³/mol. The summed E-state index contributed by atoms with van der Waals surface area (Å²) in [6.45, 7) is 1.81. The molecule has 6 heteroatoms. The molecule has 1 heterocycles. The summed E-state index contributed by atoms with van der Waals surface area (Å²) in [6, 6.07) is 7.88. The van der Waals surface area contributed by atoms with E-state index < -0.39 is 4.92 Å². The van der Waals surface area contributed by atoms with Gasteiger partial charge in [0, 0.05) is 18.0 Å². The third-order valence-corrected chi connectivity index (χ3v) is 2.35. The number of nitrogen functional groups attached to an aromatic ring is 1. The fraction of sp³-hybridized carbons (Fsp3) is 0.0833. The normalized spacial score (nSPS) is 10.1. The molecule has 0 unspecified atom stereocenters. The van der Waals surface area contributed by atoms with Gasteiger partial charge in [-0.25, -0.2) is 4.98 Å². The van der Waals surface area contributed by atoms with Crippen LogP contribution in [0.3, 0.4) is 0 Å². The molecule has 1 aromatic heterocycles. The largest absolute Gasteiger partial charge is 0.433 e. The van der Waals surface area contributed by atoms with Gasteiger partial charge < -0.3 is 10.5 Å². The summed E-state index contributed by atoms with van der Waals surface area (Å²) in [7, 11) is 0. The maximum atomic E-state index is 10.8. The molecule has 2 rings (SSSR count). The lowest BCUT2D eigenvalue weighted by atomic mass is 10.2. The number of nitro groups is 1. The Morgan fingerprint density at radius 3 is 2.83 bits per heavy atom. The third-order valence-electron chi connectivity index (χ3n) is 2.35. The van der Waals surface area contributed by atoms with Gasteiger partial charge in [0.2, 0.25) is 0 Å². The van der Waals surface area contributed by atoms with E-state index in [0.29, 0.717) is 11.4 Å². The smallest absolute Gasteiger partial charge is 0.331 e. The van der Waals surface area contributed by atoms with E-state index >= 15 is 0 Å². The molecule has 0 amide bonds. The minimum Gasteiger partial charge on any atom is -0.433 e. The van der Waals surface area contributed by atoms with Crippen LogP contribution in [-0.4, -0.2) is 9.91 Å². The highest BCUT2D eigenvalue weighted by atomic mass is 16.6. The summed E-state index contributed by atoms with van der Waals surface area (Å²) >= 11 is 0. The molecule has 0 aliphatic rings. The standard InChI is InChI=1S/C12H11N3O3/c1-8-7-9(13)4-5-11(8)18-12-10(15(16)17)3-2-6-14-12/h2-7H,13H2,1H3. The number of pyridine rings is 1. The number of rotatable bonds is 3. The average molecular weight is 245 g/mol. The molecular formula is C12H11N3O3. The maximum Gasteiger partial charge on any atom is 0.331 e. The number of nitrogens with zero attached hydrogens (tertiary/aromatic N) is 2. The zero-order valence-corrected chi connectivity index (χ0v) is 9.66. The molecule has 0 saturated carbocycles. The fourth-order valence-electron chi connectivity index (χ4n) is 1.49. The van der Waals surface area contributed by atoms with E-state index in [1.807, 2.05) is 0 Å². The van der Waals surface area contributed by atoms with Crippen molar-refractivity contribution in [2.24, 2.45) is 0 Å². The van der Waals surface area contributed by atoms with Crippen LogP contribution in [0.1, 0.15) is 5.56 Å².